The fourth-order valence-electron chi connectivity index (χ4n) is 6.33. The number of nitrogens with one attached hydrogen (secondary N) is 2. The summed E-state index contributed by atoms with van der Waals surface area (Å²) in [5.74, 6) is 1.12. The summed E-state index contributed by atoms with van der Waals surface area (Å²) < 4.78 is 11.2. The van der Waals surface area contributed by atoms with Gasteiger partial charge in [0.1, 0.15) is 17.0 Å². The van der Waals surface area contributed by atoms with Gasteiger partial charge in [-0.1, -0.05) is 42.5 Å². The maximum atomic E-state index is 12.8. The van der Waals surface area contributed by atoms with Gasteiger partial charge in [-0.15, -0.1) is 0 Å². The number of ether oxygens (including phenoxy) is 2. The van der Waals surface area contributed by atoms with E-state index in [1.165, 1.54) is 4.90 Å². The number of likely N-dealkylation sites (tertiary alicyclic amines) is 2. The maximum Gasteiger partial charge on any atom is 0.412 e. The van der Waals surface area contributed by atoms with E-state index in [2.05, 4.69) is 51.4 Å². The zero-order valence-electron chi connectivity index (χ0n) is 28.7. The molecule has 2 aliphatic heterocycles. The van der Waals surface area contributed by atoms with Crippen LogP contribution in [0.4, 0.5) is 9.59 Å². The lowest BCUT2D eigenvalue weighted by Crippen LogP contribution is -2.47. The van der Waals surface area contributed by atoms with Gasteiger partial charge in [-0.05, 0) is 96.0 Å². The Morgan fingerprint density at radius 3 is 2.44 bits per heavy atom. The second kappa shape index (κ2) is 12.8. The number of nitrogens with zero attached hydrogens (tertiary/aromatic N) is 4. The Morgan fingerprint density at radius 2 is 1.71 bits per heavy atom. The summed E-state index contributed by atoms with van der Waals surface area (Å²) in [5, 5.41) is 11.5. The predicted molar refractivity (Wildman–Crippen MR) is 184 cm³/mol. The summed E-state index contributed by atoms with van der Waals surface area (Å²) in [6, 6.07) is 14.2. The molecule has 2 aliphatic rings. The summed E-state index contributed by atoms with van der Waals surface area (Å²) in [7, 11) is 0. The van der Waals surface area contributed by atoms with Crippen molar-refractivity contribution in [1.82, 2.24) is 29.7 Å². The molecule has 3 N–H and O–H groups in total. The average Bonchev–Trinajstić information content (AvgIpc) is 3.81. The van der Waals surface area contributed by atoms with Gasteiger partial charge < -0.3 is 24.5 Å². The fourth-order valence-corrected chi connectivity index (χ4v) is 6.33. The van der Waals surface area contributed by atoms with Crippen molar-refractivity contribution < 1.29 is 24.2 Å². The van der Waals surface area contributed by atoms with E-state index in [9.17, 15) is 14.7 Å². The van der Waals surface area contributed by atoms with Crippen LogP contribution in [0.15, 0.2) is 54.7 Å². The number of imidazole rings is 2. The highest BCUT2D eigenvalue weighted by Gasteiger charge is 2.47. The molecule has 48 heavy (non-hydrogen) atoms. The standard InChI is InChI=1S/C37H46N6O5/c1-35(2,3)47-33(44)42-20-8-12-30(42)31-39-27-18-15-25(22-28(27)40-31)11-7-10-24-13-16-26(17-14-24)29-23-38-32(41-29)37(46)19-9-21-43(37)34(45)48-36(4,5)6/h7,11,13-18,22-23,30,46H,8-10,12,19-21H2,1-6H3,(H,38,41)(H,39,40)/b11-7+/t30-,37-/m0/s1. The summed E-state index contributed by atoms with van der Waals surface area (Å²) in [6.07, 6.45) is 8.59. The molecule has 2 saturated heterocycles. The number of carbonyl (C=O) groups excluding carboxylic acids is 2. The lowest BCUT2D eigenvalue weighted by molar-refractivity contribution is -0.0945. The van der Waals surface area contributed by atoms with Crippen LogP contribution in [0.3, 0.4) is 0 Å². The zero-order valence-corrected chi connectivity index (χ0v) is 28.7. The van der Waals surface area contributed by atoms with Crippen molar-refractivity contribution in [3.8, 4) is 11.3 Å². The summed E-state index contributed by atoms with van der Waals surface area (Å²) in [4.78, 5) is 44.7. The molecule has 0 aliphatic carbocycles. The molecule has 254 valence electrons. The minimum absolute atomic E-state index is 0.123. The highest BCUT2D eigenvalue weighted by molar-refractivity contribution is 5.79. The molecular weight excluding hydrogens is 608 g/mol. The molecule has 0 unspecified atom stereocenters. The molecule has 4 heterocycles. The normalized spacial score (nSPS) is 20.3. The van der Waals surface area contributed by atoms with Gasteiger partial charge in [-0.2, -0.15) is 0 Å². The van der Waals surface area contributed by atoms with Crippen LogP contribution in [0.25, 0.3) is 28.4 Å². The average molecular weight is 655 g/mol. The maximum absolute atomic E-state index is 12.8. The van der Waals surface area contributed by atoms with Gasteiger partial charge in [-0.25, -0.2) is 19.6 Å². The highest BCUT2D eigenvalue weighted by Crippen LogP contribution is 2.37. The minimum Gasteiger partial charge on any atom is -0.444 e. The molecule has 2 amide bonds. The summed E-state index contributed by atoms with van der Waals surface area (Å²) in [6.45, 7) is 12.1. The minimum atomic E-state index is -1.54. The van der Waals surface area contributed by atoms with E-state index >= 15 is 0 Å². The Labute approximate surface area is 281 Å². The van der Waals surface area contributed by atoms with Gasteiger partial charge in [0.05, 0.1) is 29.0 Å². The number of allylic oxidation sites excluding steroid dienone is 1. The number of fused-ring (bicyclic) bond motifs is 1. The van der Waals surface area contributed by atoms with Crippen molar-refractivity contribution in [2.24, 2.45) is 0 Å². The van der Waals surface area contributed by atoms with Gasteiger partial charge in [0.25, 0.3) is 0 Å². The molecule has 2 fully saturated rings. The van der Waals surface area contributed by atoms with Crippen molar-refractivity contribution in [3.63, 3.8) is 0 Å². The first kappa shape index (κ1) is 33.3. The Kier molecular flexibility index (Phi) is 8.84. The van der Waals surface area contributed by atoms with E-state index in [0.717, 1.165) is 58.5 Å². The molecule has 11 nitrogen and oxygen atoms in total. The molecule has 0 saturated carbocycles. The molecular formula is C37H46N6O5. The molecule has 0 radical (unpaired) electrons. The first-order valence-electron chi connectivity index (χ1n) is 16.7. The van der Waals surface area contributed by atoms with E-state index in [-0.39, 0.29) is 12.1 Å². The van der Waals surface area contributed by atoms with Crippen molar-refractivity contribution >= 4 is 29.3 Å². The van der Waals surface area contributed by atoms with Crippen LogP contribution >= 0.6 is 0 Å². The van der Waals surface area contributed by atoms with E-state index < -0.39 is 23.0 Å². The van der Waals surface area contributed by atoms with E-state index in [4.69, 9.17) is 14.5 Å². The first-order valence-corrected chi connectivity index (χ1v) is 16.7. The number of aromatic amines is 2. The molecule has 0 bridgehead atoms. The number of H-pyrrole nitrogens is 2. The van der Waals surface area contributed by atoms with Crippen molar-refractivity contribution in [2.75, 3.05) is 13.1 Å². The SMILES string of the molecule is CC(C)(C)OC(=O)N1CCC[C@H]1c1nc2cc(/C=C/Cc3ccc(-c4cnc([C@@]5(O)CCCN5C(=O)OC(C)(C)C)[nH]4)cc3)ccc2[nH]1. The molecule has 2 aromatic carbocycles. The molecule has 2 atom stereocenters. The van der Waals surface area contributed by atoms with Crippen LogP contribution < -0.4 is 0 Å². The Bertz CT molecular complexity index is 1810. The third-order valence-electron chi connectivity index (χ3n) is 8.57. The highest BCUT2D eigenvalue weighted by atomic mass is 16.6. The molecule has 6 rings (SSSR count). The van der Waals surface area contributed by atoms with Crippen molar-refractivity contribution in [2.45, 2.75) is 96.6 Å². The Hall–Kier alpha value is -4.64. The van der Waals surface area contributed by atoms with Gasteiger partial charge in [0.2, 0.25) is 5.72 Å². The number of aromatic nitrogens is 4. The van der Waals surface area contributed by atoms with Gasteiger partial charge in [0.15, 0.2) is 5.82 Å². The van der Waals surface area contributed by atoms with Crippen molar-refractivity contribution in [3.05, 3.63) is 77.5 Å². The van der Waals surface area contributed by atoms with Gasteiger partial charge in [-0.3, -0.25) is 9.80 Å². The van der Waals surface area contributed by atoms with Crippen LogP contribution in [0.2, 0.25) is 0 Å². The lowest BCUT2D eigenvalue weighted by atomic mass is 10.1. The summed E-state index contributed by atoms with van der Waals surface area (Å²) in [5.41, 5.74) is 2.94. The second-order valence-electron chi connectivity index (χ2n) is 14.7. The number of hydrogen-bond acceptors (Lipinski definition) is 7. The van der Waals surface area contributed by atoms with Crippen LogP contribution in [0.5, 0.6) is 0 Å². The largest absolute Gasteiger partial charge is 0.444 e. The van der Waals surface area contributed by atoms with Gasteiger partial charge >= 0.3 is 12.2 Å². The predicted octanol–water partition coefficient (Wildman–Crippen LogP) is 7.46. The monoisotopic (exact) mass is 654 g/mol. The Morgan fingerprint density at radius 1 is 0.979 bits per heavy atom. The number of rotatable bonds is 6. The van der Waals surface area contributed by atoms with Crippen LogP contribution in [-0.4, -0.2) is 71.3 Å². The fraction of sp³-hybridized carbons (Fsp3) is 0.459. The van der Waals surface area contributed by atoms with Crippen LogP contribution in [0.1, 0.15) is 96.0 Å². The molecule has 11 heteroatoms. The lowest BCUT2D eigenvalue weighted by Gasteiger charge is -2.33. The molecule has 0 spiro atoms. The Balaban J connectivity index is 1.08. The van der Waals surface area contributed by atoms with E-state index in [1.54, 1.807) is 31.9 Å². The topological polar surface area (TPSA) is 137 Å². The molecule has 2 aromatic heterocycles. The summed E-state index contributed by atoms with van der Waals surface area (Å²) >= 11 is 0. The number of carbonyl (C=O) groups is 2. The quantitative estimate of drug-likeness (QED) is 0.196. The van der Waals surface area contributed by atoms with E-state index in [1.807, 2.05) is 39.0 Å². The van der Waals surface area contributed by atoms with Crippen LogP contribution in [0, 0.1) is 0 Å². The third kappa shape index (κ3) is 7.26. The third-order valence-corrected chi connectivity index (χ3v) is 8.57. The number of hydrogen-bond donors (Lipinski definition) is 3. The number of aliphatic hydroxyl groups is 1. The van der Waals surface area contributed by atoms with Crippen molar-refractivity contribution in [1.29, 1.82) is 0 Å². The van der Waals surface area contributed by atoms with Crippen LogP contribution in [-0.2, 0) is 21.6 Å². The zero-order chi connectivity index (χ0) is 34.3. The van der Waals surface area contributed by atoms with E-state index in [0.29, 0.717) is 31.8 Å². The smallest absolute Gasteiger partial charge is 0.412 e. The number of benzene rings is 2. The second-order valence-corrected chi connectivity index (χ2v) is 14.7. The van der Waals surface area contributed by atoms with Gasteiger partial charge in [0, 0.05) is 19.5 Å². The number of amides is 2. The first-order chi connectivity index (χ1) is 22.7. The molecule has 4 aromatic rings.